The Morgan fingerprint density at radius 2 is 2.25 bits per heavy atom. The van der Waals surface area contributed by atoms with Gasteiger partial charge < -0.3 is 4.74 Å². The van der Waals surface area contributed by atoms with Crippen LogP contribution in [-0.4, -0.2) is 19.0 Å². The molecular weight excluding hydrogens is 200 g/mol. The zero-order valence-electron chi connectivity index (χ0n) is 10.4. The standard InChI is InChI=1S/C14H20O2/c1-4-11-9-12(5-6-13(11)16-3)14(7-8-14)10(2)15/h5,9,13H,4,6-8H2,1-3H3. The van der Waals surface area contributed by atoms with Crippen LogP contribution in [-0.2, 0) is 9.53 Å². The highest BCUT2D eigenvalue weighted by atomic mass is 16.5. The fourth-order valence-corrected chi connectivity index (χ4v) is 2.62. The monoisotopic (exact) mass is 220 g/mol. The van der Waals surface area contributed by atoms with Crippen LogP contribution in [0.1, 0.15) is 39.5 Å². The van der Waals surface area contributed by atoms with Crippen LogP contribution < -0.4 is 0 Å². The Labute approximate surface area is 97.4 Å². The van der Waals surface area contributed by atoms with Crippen molar-refractivity contribution in [2.24, 2.45) is 5.41 Å². The molecule has 0 aromatic carbocycles. The number of hydrogen-bond donors (Lipinski definition) is 0. The van der Waals surface area contributed by atoms with Crippen LogP contribution in [0.25, 0.3) is 0 Å². The van der Waals surface area contributed by atoms with Gasteiger partial charge in [-0.3, -0.25) is 4.79 Å². The minimum absolute atomic E-state index is 0.126. The van der Waals surface area contributed by atoms with E-state index in [-0.39, 0.29) is 11.5 Å². The molecular formula is C14H20O2. The van der Waals surface area contributed by atoms with Gasteiger partial charge in [-0.15, -0.1) is 0 Å². The molecule has 16 heavy (non-hydrogen) atoms. The third-order valence-electron chi connectivity index (χ3n) is 3.98. The number of ether oxygens (including phenoxy) is 1. The average Bonchev–Trinajstić information content (AvgIpc) is 3.09. The lowest BCUT2D eigenvalue weighted by atomic mass is 9.84. The lowest BCUT2D eigenvalue weighted by Crippen LogP contribution is -2.21. The molecule has 1 fully saturated rings. The molecule has 1 unspecified atom stereocenters. The van der Waals surface area contributed by atoms with Crippen molar-refractivity contribution >= 4 is 5.78 Å². The van der Waals surface area contributed by atoms with Crippen LogP contribution in [0.5, 0.6) is 0 Å². The molecule has 0 amide bonds. The normalized spacial score (nSPS) is 27.1. The van der Waals surface area contributed by atoms with Gasteiger partial charge >= 0.3 is 0 Å². The molecule has 0 N–H and O–H groups in total. The van der Waals surface area contributed by atoms with E-state index in [2.05, 4.69) is 19.1 Å². The summed E-state index contributed by atoms with van der Waals surface area (Å²) in [7, 11) is 1.75. The molecule has 0 bridgehead atoms. The third-order valence-corrected chi connectivity index (χ3v) is 3.98. The molecule has 2 nitrogen and oxygen atoms in total. The lowest BCUT2D eigenvalue weighted by molar-refractivity contribution is -0.120. The second-order valence-corrected chi connectivity index (χ2v) is 4.83. The molecule has 1 saturated carbocycles. The first-order valence-corrected chi connectivity index (χ1v) is 6.09. The number of carbonyl (C=O) groups is 1. The largest absolute Gasteiger partial charge is 0.377 e. The van der Waals surface area contributed by atoms with E-state index in [0.29, 0.717) is 5.78 Å². The first-order valence-electron chi connectivity index (χ1n) is 6.09. The van der Waals surface area contributed by atoms with Crippen molar-refractivity contribution < 1.29 is 9.53 Å². The zero-order chi connectivity index (χ0) is 11.8. The molecule has 1 atom stereocenters. The Morgan fingerprint density at radius 3 is 2.69 bits per heavy atom. The second-order valence-electron chi connectivity index (χ2n) is 4.83. The predicted molar refractivity (Wildman–Crippen MR) is 64.2 cm³/mol. The fraction of sp³-hybridized carbons (Fsp3) is 0.643. The minimum atomic E-state index is -0.126. The smallest absolute Gasteiger partial charge is 0.140 e. The molecule has 2 rings (SSSR count). The number of methoxy groups -OCH3 is 1. The number of ketones is 1. The molecule has 2 heteroatoms. The van der Waals surface area contributed by atoms with E-state index >= 15 is 0 Å². The Morgan fingerprint density at radius 1 is 1.56 bits per heavy atom. The first kappa shape index (κ1) is 11.6. The SMILES string of the molecule is CCC1=CC(C2(C(C)=O)CC2)=CCC1OC. The van der Waals surface area contributed by atoms with E-state index in [1.165, 1.54) is 11.1 Å². The van der Waals surface area contributed by atoms with Gasteiger partial charge in [-0.25, -0.2) is 0 Å². The fourth-order valence-electron chi connectivity index (χ4n) is 2.62. The molecule has 0 spiro atoms. The summed E-state index contributed by atoms with van der Waals surface area (Å²) in [6.45, 7) is 3.86. The molecule has 0 radical (unpaired) electrons. The molecule has 0 heterocycles. The van der Waals surface area contributed by atoms with E-state index in [1.807, 2.05) is 0 Å². The molecule has 0 aromatic rings. The van der Waals surface area contributed by atoms with Crippen LogP contribution >= 0.6 is 0 Å². The number of Topliss-reactive ketones (excluding diaryl/α,β-unsaturated/α-hetero) is 1. The molecule has 0 aromatic heterocycles. The van der Waals surface area contributed by atoms with Crippen molar-refractivity contribution in [1.29, 1.82) is 0 Å². The maximum Gasteiger partial charge on any atom is 0.140 e. The zero-order valence-corrected chi connectivity index (χ0v) is 10.4. The highest BCUT2D eigenvalue weighted by Gasteiger charge is 2.50. The van der Waals surface area contributed by atoms with E-state index in [0.717, 1.165) is 25.7 Å². The van der Waals surface area contributed by atoms with Gasteiger partial charge in [-0.1, -0.05) is 19.1 Å². The van der Waals surface area contributed by atoms with E-state index in [9.17, 15) is 4.79 Å². The summed E-state index contributed by atoms with van der Waals surface area (Å²) in [5, 5.41) is 0. The molecule has 88 valence electrons. The van der Waals surface area contributed by atoms with Crippen LogP contribution in [0.15, 0.2) is 23.3 Å². The van der Waals surface area contributed by atoms with E-state index in [1.54, 1.807) is 14.0 Å². The number of rotatable bonds is 4. The topological polar surface area (TPSA) is 26.3 Å². The van der Waals surface area contributed by atoms with Gasteiger partial charge in [-0.2, -0.15) is 0 Å². The Bertz CT molecular complexity index is 359. The molecule has 0 aliphatic heterocycles. The third kappa shape index (κ3) is 1.75. The van der Waals surface area contributed by atoms with Gasteiger partial charge in [0.15, 0.2) is 0 Å². The van der Waals surface area contributed by atoms with Gasteiger partial charge in [0.1, 0.15) is 5.78 Å². The van der Waals surface area contributed by atoms with Crippen molar-refractivity contribution in [3.8, 4) is 0 Å². The molecule has 2 aliphatic rings. The van der Waals surface area contributed by atoms with Crippen molar-refractivity contribution in [3.63, 3.8) is 0 Å². The first-order chi connectivity index (χ1) is 7.64. The van der Waals surface area contributed by atoms with Gasteiger partial charge in [0.2, 0.25) is 0 Å². The van der Waals surface area contributed by atoms with Crippen molar-refractivity contribution in [1.82, 2.24) is 0 Å². The number of carbonyl (C=O) groups excluding carboxylic acids is 1. The number of hydrogen-bond acceptors (Lipinski definition) is 2. The average molecular weight is 220 g/mol. The maximum absolute atomic E-state index is 11.7. The Balaban J connectivity index is 2.23. The summed E-state index contributed by atoms with van der Waals surface area (Å²) < 4.78 is 5.44. The van der Waals surface area contributed by atoms with E-state index in [4.69, 9.17) is 4.74 Å². The van der Waals surface area contributed by atoms with Gasteiger partial charge in [0.05, 0.1) is 11.5 Å². The number of allylic oxidation sites excluding steroid dienone is 2. The summed E-state index contributed by atoms with van der Waals surface area (Å²) in [5.74, 6) is 0.321. The van der Waals surface area contributed by atoms with Gasteiger partial charge in [0.25, 0.3) is 0 Å². The van der Waals surface area contributed by atoms with Crippen molar-refractivity contribution in [2.45, 2.75) is 45.6 Å². The second kappa shape index (κ2) is 4.17. The van der Waals surface area contributed by atoms with Gasteiger partial charge in [0, 0.05) is 7.11 Å². The van der Waals surface area contributed by atoms with Crippen LogP contribution in [0, 0.1) is 5.41 Å². The summed E-state index contributed by atoms with van der Waals surface area (Å²) in [5.41, 5.74) is 2.44. The molecule has 2 aliphatic carbocycles. The van der Waals surface area contributed by atoms with Crippen molar-refractivity contribution in [2.75, 3.05) is 7.11 Å². The summed E-state index contributed by atoms with van der Waals surface area (Å²) in [6, 6.07) is 0. The van der Waals surface area contributed by atoms with Crippen LogP contribution in [0.4, 0.5) is 0 Å². The summed E-state index contributed by atoms with van der Waals surface area (Å²) in [6.07, 6.45) is 8.59. The Kier molecular flexibility index (Phi) is 3.02. The van der Waals surface area contributed by atoms with Crippen molar-refractivity contribution in [3.05, 3.63) is 23.3 Å². The Hall–Kier alpha value is -0.890. The highest BCUT2D eigenvalue weighted by molar-refractivity contribution is 5.89. The predicted octanol–water partition coefficient (Wildman–Crippen LogP) is 3.04. The summed E-state index contributed by atoms with van der Waals surface area (Å²) in [4.78, 5) is 11.7. The highest BCUT2D eigenvalue weighted by Crippen LogP contribution is 2.54. The maximum atomic E-state index is 11.7. The van der Waals surface area contributed by atoms with Crippen LogP contribution in [0.3, 0.4) is 0 Å². The van der Waals surface area contributed by atoms with Crippen LogP contribution in [0.2, 0.25) is 0 Å². The van der Waals surface area contributed by atoms with E-state index < -0.39 is 0 Å². The minimum Gasteiger partial charge on any atom is -0.377 e. The quantitative estimate of drug-likeness (QED) is 0.728. The lowest BCUT2D eigenvalue weighted by Gasteiger charge is -2.25. The molecule has 0 saturated heterocycles. The summed E-state index contributed by atoms with van der Waals surface area (Å²) >= 11 is 0. The van der Waals surface area contributed by atoms with Gasteiger partial charge in [-0.05, 0) is 43.8 Å².